The highest BCUT2D eigenvalue weighted by molar-refractivity contribution is 4.97. The molecule has 12 heavy (non-hydrogen) atoms. The van der Waals surface area contributed by atoms with E-state index in [1.165, 1.54) is 25.7 Å². The molecule has 2 fully saturated rings. The summed E-state index contributed by atoms with van der Waals surface area (Å²) < 4.78 is 0. The van der Waals surface area contributed by atoms with Gasteiger partial charge in [0.1, 0.15) is 0 Å². The van der Waals surface area contributed by atoms with Crippen LogP contribution in [-0.2, 0) is 0 Å². The molecule has 0 spiro atoms. The Balaban J connectivity index is 1.94. The van der Waals surface area contributed by atoms with Gasteiger partial charge in [-0.25, -0.2) is 0 Å². The molecular weight excluding hydrogens is 148 g/mol. The van der Waals surface area contributed by atoms with E-state index in [0.29, 0.717) is 12.3 Å². The molecule has 2 rings (SSSR count). The van der Waals surface area contributed by atoms with Gasteiger partial charge in [-0.15, -0.1) is 12.3 Å². The number of terminal acetylenes is 1. The normalized spacial score (nSPS) is 41.2. The fourth-order valence-corrected chi connectivity index (χ4v) is 3.04. The summed E-state index contributed by atoms with van der Waals surface area (Å²) in [7, 11) is 0. The van der Waals surface area contributed by atoms with Crippen LogP contribution >= 0.6 is 0 Å². The van der Waals surface area contributed by atoms with E-state index in [1.54, 1.807) is 0 Å². The van der Waals surface area contributed by atoms with Crippen molar-refractivity contribution in [3.8, 4) is 12.3 Å². The molecule has 0 radical (unpaired) electrons. The van der Waals surface area contributed by atoms with Crippen LogP contribution in [0.3, 0.4) is 0 Å². The first-order valence-corrected chi connectivity index (χ1v) is 4.92. The molecule has 4 unspecified atom stereocenters. The lowest BCUT2D eigenvalue weighted by Gasteiger charge is -2.25. The van der Waals surface area contributed by atoms with Crippen molar-refractivity contribution >= 4 is 0 Å². The van der Waals surface area contributed by atoms with Crippen LogP contribution in [0.15, 0.2) is 0 Å². The van der Waals surface area contributed by atoms with Crippen LogP contribution in [-0.4, -0.2) is 11.2 Å². The average molecular weight is 164 g/mol. The lowest BCUT2D eigenvalue weighted by Crippen LogP contribution is -2.25. The topological polar surface area (TPSA) is 20.2 Å². The van der Waals surface area contributed by atoms with Crippen LogP contribution in [0.25, 0.3) is 0 Å². The highest BCUT2D eigenvalue weighted by Gasteiger charge is 2.42. The maximum absolute atomic E-state index is 9.73. The Labute approximate surface area is 74.2 Å². The number of rotatable bonds is 2. The molecule has 0 aromatic carbocycles. The molecule has 2 bridgehead atoms. The van der Waals surface area contributed by atoms with Crippen molar-refractivity contribution in [2.24, 2.45) is 17.8 Å². The molecule has 2 aliphatic rings. The molecule has 1 N–H and O–H groups in total. The summed E-state index contributed by atoms with van der Waals surface area (Å²) in [6.45, 7) is 0. The largest absolute Gasteiger partial charge is 0.392 e. The van der Waals surface area contributed by atoms with Crippen molar-refractivity contribution in [1.82, 2.24) is 0 Å². The van der Waals surface area contributed by atoms with Crippen LogP contribution in [0.1, 0.15) is 32.1 Å². The van der Waals surface area contributed by atoms with Gasteiger partial charge in [-0.3, -0.25) is 0 Å². The predicted molar refractivity (Wildman–Crippen MR) is 48.4 cm³/mol. The zero-order valence-electron chi connectivity index (χ0n) is 7.37. The molecular formula is C11H16O. The lowest BCUT2D eigenvalue weighted by atomic mass is 9.84. The van der Waals surface area contributed by atoms with Crippen LogP contribution in [0, 0.1) is 30.1 Å². The Kier molecular flexibility index (Phi) is 2.11. The van der Waals surface area contributed by atoms with Gasteiger partial charge in [-0.1, -0.05) is 6.42 Å². The molecule has 1 heteroatoms. The Morgan fingerprint density at radius 2 is 2.25 bits per heavy atom. The molecule has 0 heterocycles. The molecule has 0 amide bonds. The van der Waals surface area contributed by atoms with Crippen LogP contribution in [0.4, 0.5) is 0 Å². The third-order valence-electron chi connectivity index (χ3n) is 3.61. The van der Waals surface area contributed by atoms with Crippen molar-refractivity contribution in [2.75, 3.05) is 0 Å². The Hall–Kier alpha value is -0.480. The first-order chi connectivity index (χ1) is 5.81. The molecule has 2 aliphatic carbocycles. The molecule has 4 atom stereocenters. The second-order valence-corrected chi connectivity index (χ2v) is 4.31. The molecule has 0 saturated heterocycles. The zero-order valence-corrected chi connectivity index (χ0v) is 7.37. The molecule has 0 aromatic rings. The third kappa shape index (κ3) is 1.25. The van der Waals surface area contributed by atoms with Gasteiger partial charge in [0, 0.05) is 6.42 Å². The summed E-state index contributed by atoms with van der Waals surface area (Å²) in [4.78, 5) is 0. The summed E-state index contributed by atoms with van der Waals surface area (Å²) in [6.07, 6.45) is 10.8. The fourth-order valence-electron chi connectivity index (χ4n) is 3.04. The minimum Gasteiger partial charge on any atom is -0.392 e. The number of hydrogen-bond donors (Lipinski definition) is 1. The van der Waals surface area contributed by atoms with Crippen molar-refractivity contribution in [1.29, 1.82) is 0 Å². The van der Waals surface area contributed by atoms with Gasteiger partial charge in [-0.05, 0) is 37.0 Å². The van der Waals surface area contributed by atoms with E-state index < -0.39 is 0 Å². The third-order valence-corrected chi connectivity index (χ3v) is 3.61. The van der Waals surface area contributed by atoms with Gasteiger partial charge < -0.3 is 5.11 Å². The summed E-state index contributed by atoms with van der Waals surface area (Å²) in [6, 6.07) is 0. The first kappa shape index (κ1) is 8.13. The second kappa shape index (κ2) is 3.11. The SMILES string of the molecule is C#CCC(O)C1CC2CCC1C2. The molecule has 66 valence electrons. The first-order valence-electron chi connectivity index (χ1n) is 4.92. The lowest BCUT2D eigenvalue weighted by molar-refractivity contribution is 0.0791. The summed E-state index contributed by atoms with van der Waals surface area (Å²) in [5.41, 5.74) is 0. The van der Waals surface area contributed by atoms with Gasteiger partial charge in [-0.2, -0.15) is 0 Å². The van der Waals surface area contributed by atoms with Crippen molar-refractivity contribution in [2.45, 2.75) is 38.2 Å². The zero-order chi connectivity index (χ0) is 8.55. The standard InChI is InChI=1S/C11H16O/c1-2-3-11(12)10-7-8-4-5-9(10)6-8/h1,8-12H,3-7H2. The van der Waals surface area contributed by atoms with Crippen LogP contribution in [0.5, 0.6) is 0 Å². The van der Waals surface area contributed by atoms with Gasteiger partial charge in [0.25, 0.3) is 0 Å². The molecule has 1 nitrogen and oxygen atoms in total. The maximum atomic E-state index is 9.73. The minimum atomic E-state index is -0.217. The van der Waals surface area contributed by atoms with Gasteiger partial charge in [0.15, 0.2) is 0 Å². The molecule has 2 saturated carbocycles. The van der Waals surface area contributed by atoms with E-state index in [9.17, 15) is 5.11 Å². The maximum Gasteiger partial charge on any atom is 0.0680 e. The number of hydrogen-bond acceptors (Lipinski definition) is 1. The van der Waals surface area contributed by atoms with E-state index >= 15 is 0 Å². The smallest absolute Gasteiger partial charge is 0.0680 e. The monoisotopic (exact) mass is 164 g/mol. The van der Waals surface area contributed by atoms with Crippen molar-refractivity contribution in [3.05, 3.63) is 0 Å². The van der Waals surface area contributed by atoms with E-state index in [-0.39, 0.29) is 6.10 Å². The number of fused-ring (bicyclic) bond motifs is 2. The fraction of sp³-hybridized carbons (Fsp3) is 0.818. The summed E-state index contributed by atoms with van der Waals surface area (Å²) in [5.74, 6) is 4.78. The van der Waals surface area contributed by atoms with E-state index in [4.69, 9.17) is 6.42 Å². The summed E-state index contributed by atoms with van der Waals surface area (Å²) >= 11 is 0. The quantitative estimate of drug-likeness (QED) is 0.617. The van der Waals surface area contributed by atoms with Crippen LogP contribution < -0.4 is 0 Å². The van der Waals surface area contributed by atoms with Gasteiger partial charge >= 0.3 is 0 Å². The second-order valence-electron chi connectivity index (χ2n) is 4.31. The average Bonchev–Trinajstić information content (AvgIpc) is 2.64. The minimum absolute atomic E-state index is 0.217. The molecule has 0 aromatic heterocycles. The van der Waals surface area contributed by atoms with E-state index in [2.05, 4.69) is 5.92 Å². The highest BCUT2D eigenvalue weighted by Crippen LogP contribution is 2.49. The van der Waals surface area contributed by atoms with Crippen molar-refractivity contribution in [3.63, 3.8) is 0 Å². The Morgan fingerprint density at radius 1 is 1.42 bits per heavy atom. The van der Waals surface area contributed by atoms with E-state index in [0.717, 1.165) is 11.8 Å². The molecule has 0 aliphatic heterocycles. The Morgan fingerprint density at radius 3 is 2.75 bits per heavy atom. The Bertz CT molecular complexity index is 204. The van der Waals surface area contributed by atoms with Crippen molar-refractivity contribution < 1.29 is 5.11 Å². The number of aliphatic hydroxyl groups is 1. The predicted octanol–water partition coefficient (Wildman–Crippen LogP) is 1.81. The van der Waals surface area contributed by atoms with Crippen LogP contribution in [0.2, 0.25) is 0 Å². The van der Waals surface area contributed by atoms with Gasteiger partial charge in [0.05, 0.1) is 6.10 Å². The highest BCUT2D eigenvalue weighted by atomic mass is 16.3. The summed E-state index contributed by atoms with van der Waals surface area (Å²) in [5, 5.41) is 9.73. The van der Waals surface area contributed by atoms with Gasteiger partial charge in [0.2, 0.25) is 0 Å². The number of aliphatic hydroxyl groups excluding tert-OH is 1. The van der Waals surface area contributed by atoms with E-state index in [1.807, 2.05) is 0 Å².